The lowest BCUT2D eigenvalue weighted by Crippen LogP contribution is -2.27. The molecule has 0 saturated carbocycles. The van der Waals surface area contributed by atoms with E-state index < -0.39 is 0 Å². The third-order valence-electron chi connectivity index (χ3n) is 5.50. The van der Waals surface area contributed by atoms with Crippen LogP contribution in [0.5, 0.6) is 0 Å². The first kappa shape index (κ1) is 23.5. The van der Waals surface area contributed by atoms with Crippen LogP contribution >= 0.6 is 11.6 Å². The van der Waals surface area contributed by atoms with Crippen molar-refractivity contribution in [3.8, 4) is 0 Å². The topological polar surface area (TPSA) is 73.5 Å². The van der Waals surface area contributed by atoms with Gasteiger partial charge in [-0.15, -0.1) is 0 Å². The van der Waals surface area contributed by atoms with Crippen LogP contribution in [0.15, 0.2) is 72.8 Å². The molecule has 0 atom stereocenters. The maximum absolute atomic E-state index is 13.0. The molecule has 6 nitrogen and oxygen atoms in total. The first-order chi connectivity index (χ1) is 16.4. The summed E-state index contributed by atoms with van der Waals surface area (Å²) in [5.41, 5.74) is 4.75. The first-order valence-electron chi connectivity index (χ1n) is 11.1. The molecular formula is C27H27ClN4O2. The van der Waals surface area contributed by atoms with Crippen molar-refractivity contribution in [3.63, 3.8) is 0 Å². The van der Waals surface area contributed by atoms with Crippen molar-refractivity contribution in [2.75, 3.05) is 37.8 Å². The van der Waals surface area contributed by atoms with Crippen LogP contribution in [0.2, 0.25) is 5.02 Å². The molecule has 1 aliphatic heterocycles. The number of hydrogen-bond donors (Lipinski definition) is 3. The molecule has 1 heterocycles. The second-order valence-corrected chi connectivity index (χ2v) is 8.82. The normalized spacial score (nSPS) is 13.9. The number of nitrogens with one attached hydrogen (secondary N) is 3. The highest BCUT2D eigenvalue weighted by Gasteiger charge is 2.28. The maximum Gasteiger partial charge on any atom is 0.258 e. The average molecular weight is 475 g/mol. The maximum atomic E-state index is 13.0. The Morgan fingerprint density at radius 1 is 0.971 bits per heavy atom. The molecule has 1 aliphatic rings. The number of nitrogens with zero attached hydrogens (tertiary/aromatic N) is 1. The second-order valence-electron chi connectivity index (χ2n) is 8.38. The van der Waals surface area contributed by atoms with Gasteiger partial charge in [0.2, 0.25) is 0 Å². The van der Waals surface area contributed by atoms with Gasteiger partial charge in [-0.1, -0.05) is 54.1 Å². The Morgan fingerprint density at radius 2 is 1.74 bits per heavy atom. The summed E-state index contributed by atoms with van der Waals surface area (Å²) in [6, 6.07) is 22.3. The third kappa shape index (κ3) is 5.47. The Kier molecular flexibility index (Phi) is 7.30. The minimum absolute atomic E-state index is 0.130. The molecule has 2 amide bonds. The van der Waals surface area contributed by atoms with Crippen LogP contribution in [0.25, 0.3) is 11.3 Å². The number of rotatable bonds is 8. The molecule has 0 fully saturated rings. The molecule has 0 radical (unpaired) electrons. The Labute approximate surface area is 204 Å². The zero-order valence-corrected chi connectivity index (χ0v) is 19.9. The zero-order valence-electron chi connectivity index (χ0n) is 19.2. The summed E-state index contributed by atoms with van der Waals surface area (Å²) in [6.07, 6.45) is 0.874. The van der Waals surface area contributed by atoms with Gasteiger partial charge in [0.15, 0.2) is 0 Å². The molecule has 3 aromatic rings. The number of carbonyl (C=O) groups is 2. The van der Waals surface area contributed by atoms with Crippen molar-refractivity contribution in [2.45, 2.75) is 6.42 Å². The van der Waals surface area contributed by atoms with Crippen molar-refractivity contribution in [2.24, 2.45) is 0 Å². The lowest BCUT2D eigenvalue weighted by molar-refractivity contribution is -0.110. The summed E-state index contributed by atoms with van der Waals surface area (Å²) >= 11 is 6.13. The number of carbonyl (C=O) groups excluding carboxylic acids is 2. The van der Waals surface area contributed by atoms with Crippen LogP contribution in [0.1, 0.15) is 27.9 Å². The highest BCUT2D eigenvalue weighted by molar-refractivity contribution is 6.38. The van der Waals surface area contributed by atoms with Crippen molar-refractivity contribution < 1.29 is 9.59 Å². The SMILES string of the molecule is CN(C)CCCNC(=O)c1cccc(N/C(=C2\C(=O)Nc3cc(Cl)ccc32)c2ccccc2)c1. The van der Waals surface area contributed by atoms with Gasteiger partial charge >= 0.3 is 0 Å². The van der Waals surface area contributed by atoms with E-state index in [-0.39, 0.29) is 11.8 Å². The molecule has 0 spiro atoms. The molecule has 3 aromatic carbocycles. The molecule has 0 unspecified atom stereocenters. The summed E-state index contributed by atoms with van der Waals surface area (Å²) in [5, 5.41) is 9.82. The number of anilines is 2. The quantitative estimate of drug-likeness (QED) is 0.319. The number of halogens is 1. The van der Waals surface area contributed by atoms with Crippen LogP contribution in [0, 0.1) is 0 Å². The molecular weight excluding hydrogens is 448 g/mol. The van der Waals surface area contributed by atoms with Crippen LogP contribution in [-0.2, 0) is 4.79 Å². The smallest absolute Gasteiger partial charge is 0.258 e. The van der Waals surface area contributed by atoms with E-state index in [0.29, 0.717) is 39.8 Å². The highest BCUT2D eigenvalue weighted by Crippen LogP contribution is 2.38. The van der Waals surface area contributed by atoms with Gasteiger partial charge in [-0.25, -0.2) is 0 Å². The number of hydrogen-bond acceptors (Lipinski definition) is 4. The standard InChI is InChI=1S/C27H27ClN4O2/c1-32(2)15-7-14-29-26(33)19-10-6-11-21(16-19)30-25(18-8-4-3-5-9-18)24-22-13-12-20(28)17-23(22)31-27(24)34/h3-6,8-13,16-17,30H,7,14-15H2,1-2H3,(H,29,33)(H,31,34)/b25-24-. The second kappa shape index (κ2) is 10.5. The molecule has 3 N–H and O–H groups in total. The minimum Gasteiger partial charge on any atom is -0.354 e. The fourth-order valence-electron chi connectivity index (χ4n) is 3.86. The van der Waals surface area contributed by atoms with Gasteiger partial charge in [0, 0.05) is 28.4 Å². The van der Waals surface area contributed by atoms with Crippen molar-refractivity contribution in [1.82, 2.24) is 10.2 Å². The predicted molar refractivity (Wildman–Crippen MR) is 139 cm³/mol. The van der Waals surface area contributed by atoms with E-state index in [1.807, 2.05) is 62.6 Å². The molecule has 7 heteroatoms. The van der Waals surface area contributed by atoms with E-state index >= 15 is 0 Å². The summed E-state index contributed by atoms with van der Waals surface area (Å²) in [5.74, 6) is -0.340. The van der Waals surface area contributed by atoms with Crippen molar-refractivity contribution in [3.05, 3.63) is 94.5 Å². The fourth-order valence-corrected chi connectivity index (χ4v) is 4.03. The van der Waals surface area contributed by atoms with E-state index in [1.54, 1.807) is 24.3 Å². The number of amides is 2. The predicted octanol–water partition coefficient (Wildman–Crippen LogP) is 4.95. The number of benzene rings is 3. The van der Waals surface area contributed by atoms with Crippen LogP contribution in [-0.4, -0.2) is 43.9 Å². The van der Waals surface area contributed by atoms with Crippen molar-refractivity contribution >= 4 is 46.1 Å². The van der Waals surface area contributed by atoms with E-state index in [9.17, 15) is 9.59 Å². The Morgan fingerprint density at radius 3 is 2.50 bits per heavy atom. The molecule has 174 valence electrons. The van der Waals surface area contributed by atoms with Gasteiger partial charge in [0.25, 0.3) is 11.8 Å². The lowest BCUT2D eigenvalue weighted by atomic mass is 10.00. The Bertz CT molecular complexity index is 1240. The molecule has 34 heavy (non-hydrogen) atoms. The molecule has 0 aromatic heterocycles. The molecule has 0 bridgehead atoms. The Balaban J connectivity index is 1.65. The average Bonchev–Trinajstić information content (AvgIpc) is 3.15. The Hall–Kier alpha value is -3.61. The van der Waals surface area contributed by atoms with E-state index in [2.05, 4.69) is 20.9 Å². The monoisotopic (exact) mass is 474 g/mol. The highest BCUT2D eigenvalue weighted by atomic mass is 35.5. The molecule has 0 saturated heterocycles. The summed E-state index contributed by atoms with van der Waals surface area (Å²) in [4.78, 5) is 27.7. The molecule has 4 rings (SSSR count). The minimum atomic E-state index is -0.210. The summed E-state index contributed by atoms with van der Waals surface area (Å²) in [6.45, 7) is 1.51. The van der Waals surface area contributed by atoms with Gasteiger partial charge in [0.1, 0.15) is 0 Å². The van der Waals surface area contributed by atoms with Gasteiger partial charge in [-0.05, 0) is 63.0 Å². The third-order valence-corrected chi connectivity index (χ3v) is 5.74. The lowest BCUT2D eigenvalue weighted by Gasteiger charge is -2.16. The summed E-state index contributed by atoms with van der Waals surface area (Å²) < 4.78 is 0. The van der Waals surface area contributed by atoms with Gasteiger partial charge in [-0.2, -0.15) is 0 Å². The van der Waals surface area contributed by atoms with Crippen molar-refractivity contribution in [1.29, 1.82) is 0 Å². The van der Waals surface area contributed by atoms with E-state index in [1.165, 1.54) is 0 Å². The van der Waals surface area contributed by atoms with Gasteiger partial charge in [-0.3, -0.25) is 9.59 Å². The fraction of sp³-hybridized carbons (Fsp3) is 0.185. The van der Waals surface area contributed by atoms with Crippen LogP contribution in [0.4, 0.5) is 11.4 Å². The van der Waals surface area contributed by atoms with Crippen LogP contribution < -0.4 is 16.0 Å². The summed E-state index contributed by atoms with van der Waals surface area (Å²) in [7, 11) is 4.01. The van der Waals surface area contributed by atoms with E-state index in [4.69, 9.17) is 11.6 Å². The zero-order chi connectivity index (χ0) is 24.1. The van der Waals surface area contributed by atoms with Crippen LogP contribution in [0.3, 0.4) is 0 Å². The first-order valence-corrected chi connectivity index (χ1v) is 11.5. The van der Waals surface area contributed by atoms with E-state index in [0.717, 1.165) is 24.1 Å². The largest absolute Gasteiger partial charge is 0.354 e. The molecule has 0 aliphatic carbocycles. The van der Waals surface area contributed by atoms with Gasteiger partial charge in [0.05, 0.1) is 17.0 Å². The number of fused-ring (bicyclic) bond motifs is 1. The van der Waals surface area contributed by atoms with Gasteiger partial charge < -0.3 is 20.9 Å².